The zero-order valence-corrected chi connectivity index (χ0v) is 28.2. The normalized spacial score (nSPS) is 22.4. The van der Waals surface area contributed by atoms with Gasteiger partial charge in [-0.1, -0.05) is 19.9 Å². The van der Waals surface area contributed by atoms with Crippen LogP contribution in [0.3, 0.4) is 0 Å². The topological polar surface area (TPSA) is 126 Å². The molecule has 11 nitrogen and oxygen atoms in total. The first-order chi connectivity index (χ1) is 18.6. The first-order valence-electron chi connectivity index (χ1n) is 14.0. The number of ether oxygens (including phenoxy) is 3. The second kappa shape index (κ2) is 14.5. The van der Waals surface area contributed by atoms with Crippen molar-refractivity contribution in [2.45, 2.75) is 78.7 Å². The number of carbonyl (C=O) groups excluding carboxylic acids is 3. The Kier molecular flexibility index (Phi) is 12.5. The molecule has 1 aromatic rings. The maximum absolute atomic E-state index is 12.8. The van der Waals surface area contributed by atoms with Crippen molar-refractivity contribution in [3.63, 3.8) is 0 Å². The van der Waals surface area contributed by atoms with Crippen LogP contribution in [-0.2, 0) is 30.3 Å². The largest absolute Gasteiger partial charge is 1.00 e. The number of carboxylic acids is 1. The van der Waals surface area contributed by atoms with Gasteiger partial charge in [0.1, 0.15) is 11.8 Å². The number of methoxy groups -OCH3 is 1. The van der Waals surface area contributed by atoms with Gasteiger partial charge in [-0.15, -0.1) is 0 Å². The molecule has 41 heavy (non-hydrogen) atoms. The first-order valence-corrected chi connectivity index (χ1v) is 14.0. The zero-order chi connectivity index (χ0) is 29.8. The van der Waals surface area contributed by atoms with Crippen LogP contribution in [0.2, 0.25) is 0 Å². The Hall–Kier alpha value is -1.92. The summed E-state index contributed by atoms with van der Waals surface area (Å²) in [6, 6.07) is 0. The van der Waals surface area contributed by atoms with E-state index >= 15 is 0 Å². The van der Waals surface area contributed by atoms with E-state index in [1.165, 1.54) is 7.11 Å². The number of aromatic nitrogens is 2. The quantitative estimate of drug-likeness (QED) is 0.288. The Balaban J connectivity index is 0.00000588. The summed E-state index contributed by atoms with van der Waals surface area (Å²) < 4.78 is 18.3. The molecule has 1 amide bonds. The minimum atomic E-state index is -1.24. The van der Waals surface area contributed by atoms with Crippen molar-refractivity contribution in [2.24, 2.45) is 17.3 Å². The van der Waals surface area contributed by atoms with Crippen molar-refractivity contribution in [1.29, 1.82) is 0 Å². The molecule has 0 saturated carbocycles. The fourth-order valence-electron chi connectivity index (χ4n) is 5.28. The summed E-state index contributed by atoms with van der Waals surface area (Å²) in [7, 11) is 4.96. The molecular weight excluding hydrogens is 539 g/mol. The molecule has 3 rings (SSSR count). The summed E-state index contributed by atoms with van der Waals surface area (Å²) in [6.45, 7) is 11.2. The second-order valence-corrected chi connectivity index (χ2v) is 12.5. The van der Waals surface area contributed by atoms with Gasteiger partial charge in [-0.05, 0) is 64.5 Å². The van der Waals surface area contributed by atoms with Gasteiger partial charge >= 0.3 is 41.6 Å². The Morgan fingerprint density at radius 2 is 1.88 bits per heavy atom. The number of carbonyl (C=O) groups is 3. The molecule has 2 heterocycles. The second-order valence-electron chi connectivity index (χ2n) is 12.5. The Morgan fingerprint density at radius 1 is 1.20 bits per heavy atom. The fourth-order valence-corrected chi connectivity index (χ4v) is 5.28. The average Bonchev–Trinajstić information content (AvgIpc) is 3.29. The number of hydrogen-bond acceptors (Lipinski definition) is 9. The number of esters is 1. The first kappa shape index (κ1) is 35.3. The smallest absolute Gasteiger partial charge is 0.549 e. The average molecular weight is 585 g/mol. The standard InChI is InChI=1S/C29H46N4O7.Na/c1-28(2,3)40-27(37)32(7)13-12-31(6)17-20-18-33(23-11-9-10-14-39-23)30-24(20)19-15-21(25(34)35)29(4,5)22(16-19)26(36)38-8;/h15,18,21-23H,9-14,16-17H2,1-8H3,(H,34,35);/q;+1/p-1. The van der Waals surface area contributed by atoms with Crippen LogP contribution >= 0.6 is 0 Å². The number of amides is 1. The van der Waals surface area contributed by atoms with Crippen LogP contribution in [0.15, 0.2) is 12.3 Å². The van der Waals surface area contributed by atoms with Gasteiger partial charge in [0.25, 0.3) is 0 Å². The van der Waals surface area contributed by atoms with E-state index in [2.05, 4.69) is 4.90 Å². The number of rotatable bonds is 9. The van der Waals surface area contributed by atoms with Crippen molar-refractivity contribution in [3.8, 4) is 0 Å². The number of aliphatic carboxylic acids is 1. The van der Waals surface area contributed by atoms with E-state index in [9.17, 15) is 19.5 Å². The Morgan fingerprint density at radius 3 is 2.44 bits per heavy atom. The van der Waals surface area contributed by atoms with Gasteiger partial charge in [0.05, 0.1) is 18.7 Å². The van der Waals surface area contributed by atoms with Crippen LogP contribution < -0.4 is 34.7 Å². The fraction of sp³-hybridized carbons (Fsp3) is 0.724. The molecule has 1 saturated heterocycles. The van der Waals surface area contributed by atoms with Crippen molar-refractivity contribution in [3.05, 3.63) is 23.5 Å². The Bertz CT molecular complexity index is 1110. The molecule has 1 aliphatic heterocycles. The Labute approximate surface area is 265 Å². The van der Waals surface area contributed by atoms with Gasteiger partial charge in [-0.3, -0.25) is 4.79 Å². The maximum Gasteiger partial charge on any atom is 1.00 e. The van der Waals surface area contributed by atoms with Gasteiger partial charge in [0.15, 0.2) is 0 Å². The van der Waals surface area contributed by atoms with Gasteiger partial charge in [0.2, 0.25) is 0 Å². The van der Waals surface area contributed by atoms with Crippen molar-refractivity contribution in [1.82, 2.24) is 19.6 Å². The van der Waals surface area contributed by atoms with E-state index in [0.717, 1.165) is 24.8 Å². The maximum atomic E-state index is 12.8. The molecular formula is C29H45N4NaO7. The molecule has 1 aromatic heterocycles. The molecule has 3 unspecified atom stereocenters. The predicted octanol–water partition coefficient (Wildman–Crippen LogP) is -0.146. The summed E-state index contributed by atoms with van der Waals surface area (Å²) in [5, 5.41) is 17.1. The van der Waals surface area contributed by atoms with Crippen LogP contribution in [0, 0.1) is 17.3 Å². The number of nitrogens with zero attached hydrogens (tertiary/aromatic N) is 4. The predicted molar refractivity (Wildman–Crippen MR) is 147 cm³/mol. The number of carboxylic acid groups (broad SMARTS) is 1. The van der Waals surface area contributed by atoms with E-state index in [-0.39, 0.29) is 41.9 Å². The minimum absolute atomic E-state index is 0. The van der Waals surface area contributed by atoms with Gasteiger partial charge in [-0.2, -0.15) is 5.10 Å². The molecule has 0 aromatic carbocycles. The van der Waals surface area contributed by atoms with Gasteiger partial charge in [-0.25, -0.2) is 9.48 Å². The third-order valence-electron chi connectivity index (χ3n) is 7.76. The van der Waals surface area contributed by atoms with Crippen molar-refractivity contribution < 1.29 is 63.3 Å². The van der Waals surface area contributed by atoms with E-state index in [1.54, 1.807) is 31.9 Å². The van der Waals surface area contributed by atoms with Crippen LogP contribution in [0.1, 0.15) is 77.8 Å². The summed E-state index contributed by atoms with van der Waals surface area (Å²) in [6.07, 6.45) is 6.18. The molecule has 2 aliphatic rings. The number of hydrogen-bond donors (Lipinski definition) is 0. The van der Waals surface area contributed by atoms with E-state index in [4.69, 9.17) is 19.3 Å². The van der Waals surface area contributed by atoms with Gasteiger partial charge < -0.3 is 33.9 Å². The van der Waals surface area contributed by atoms with Crippen LogP contribution in [-0.4, -0.2) is 84.1 Å². The molecule has 0 radical (unpaired) electrons. The summed E-state index contributed by atoms with van der Waals surface area (Å²) in [5.74, 6) is -3.37. The van der Waals surface area contributed by atoms with Crippen LogP contribution in [0.25, 0.3) is 5.57 Å². The SMILES string of the molecule is COC(=O)C1CC(c2nn(C3CCCCO3)cc2CN(C)CCN(C)C(=O)OC(C)(C)C)=CC(C(=O)[O-])C1(C)C.[Na+]. The summed E-state index contributed by atoms with van der Waals surface area (Å²) >= 11 is 0. The van der Waals surface area contributed by atoms with Crippen molar-refractivity contribution >= 4 is 23.6 Å². The third-order valence-corrected chi connectivity index (χ3v) is 7.76. The van der Waals surface area contributed by atoms with E-state index in [0.29, 0.717) is 43.9 Å². The molecule has 0 spiro atoms. The molecule has 1 aliphatic carbocycles. The number of allylic oxidation sites excluding steroid dienone is 1. The minimum Gasteiger partial charge on any atom is -0.549 e. The summed E-state index contributed by atoms with van der Waals surface area (Å²) in [4.78, 5) is 41.0. The van der Waals surface area contributed by atoms with E-state index in [1.807, 2.05) is 38.7 Å². The van der Waals surface area contributed by atoms with Crippen LogP contribution in [0.5, 0.6) is 0 Å². The third kappa shape index (κ3) is 9.03. The molecule has 3 atom stereocenters. The molecule has 1 fully saturated rings. The zero-order valence-electron chi connectivity index (χ0n) is 26.2. The molecule has 12 heteroatoms. The van der Waals surface area contributed by atoms with Crippen molar-refractivity contribution in [2.75, 3.05) is 40.9 Å². The molecule has 0 bridgehead atoms. The van der Waals surface area contributed by atoms with E-state index < -0.39 is 34.8 Å². The molecule has 0 N–H and O–H groups in total. The van der Waals surface area contributed by atoms with Gasteiger partial charge in [0, 0.05) is 56.9 Å². The monoisotopic (exact) mass is 584 g/mol. The summed E-state index contributed by atoms with van der Waals surface area (Å²) in [5.41, 5.74) is 0.719. The number of likely N-dealkylation sites (N-methyl/N-ethyl adjacent to an activating group) is 2. The van der Waals surface area contributed by atoms with Crippen LogP contribution in [0.4, 0.5) is 4.79 Å². The molecule has 224 valence electrons.